The first-order valence-electron chi connectivity index (χ1n) is 6.05. The fourth-order valence-corrected chi connectivity index (χ4v) is 3.21. The summed E-state index contributed by atoms with van der Waals surface area (Å²) in [6, 6.07) is 7.13. The second-order valence-corrected chi connectivity index (χ2v) is 6.53. The fourth-order valence-electron chi connectivity index (χ4n) is 2.12. The van der Waals surface area contributed by atoms with Crippen molar-refractivity contribution in [3.8, 4) is 5.75 Å². The van der Waals surface area contributed by atoms with Gasteiger partial charge in [-0.2, -0.15) is 4.31 Å². The lowest BCUT2D eigenvalue weighted by Gasteiger charge is -2.35. The quantitative estimate of drug-likeness (QED) is 0.885. The highest BCUT2D eigenvalue weighted by Gasteiger charge is 2.26. The van der Waals surface area contributed by atoms with E-state index in [4.69, 9.17) is 0 Å². The molecule has 1 heterocycles. The van der Waals surface area contributed by atoms with Gasteiger partial charge in [0.1, 0.15) is 5.75 Å². The van der Waals surface area contributed by atoms with Gasteiger partial charge in [-0.05, 0) is 19.1 Å². The first-order chi connectivity index (χ1) is 8.54. The predicted molar refractivity (Wildman–Crippen MR) is 71.4 cm³/mol. The van der Waals surface area contributed by atoms with Crippen LogP contribution in [0.25, 0.3) is 0 Å². The molecule has 0 aliphatic carbocycles. The van der Waals surface area contributed by atoms with Crippen LogP contribution < -0.4 is 4.90 Å². The van der Waals surface area contributed by atoms with E-state index in [1.54, 1.807) is 19.1 Å². The third-order valence-electron chi connectivity index (χ3n) is 3.22. The van der Waals surface area contributed by atoms with E-state index in [9.17, 15) is 13.5 Å². The van der Waals surface area contributed by atoms with Gasteiger partial charge in [0.15, 0.2) is 0 Å². The summed E-state index contributed by atoms with van der Waals surface area (Å²) in [5, 5.41) is 9.76. The molecule has 100 valence electrons. The number of hydrogen-bond donors (Lipinski definition) is 1. The van der Waals surface area contributed by atoms with Crippen LogP contribution >= 0.6 is 0 Å². The molecule has 6 heteroatoms. The summed E-state index contributed by atoms with van der Waals surface area (Å²) < 4.78 is 25.0. The average molecular weight is 270 g/mol. The Balaban J connectivity index is 2.06. The van der Waals surface area contributed by atoms with Crippen molar-refractivity contribution in [3.63, 3.8) is 0 Å². The number of phenolic OH excluding ortho intramolecular Hbond substituents is 1. The predicted octanol–water partition coefficient (Wildman–Crippen LogP) is 0.864. The molecule has 1 aliphatic heterocycles. The van der Waals surface area contributed by atoms with Crippen molar-refractivity contribution in [1.29, 1.82) is 0 Å². The molecule has 0 spiro atoms. The van der Waals surface area contributed by atoms with Crippen molar-refractivity contribution in [2.75, 3.05) is 36.8 Å². The molecule has 0 aromatic heterocycles. The summed E-state index contributed by atoms with van der Waals surface area (Å²) in [4.78, 5) is 2.01. The van der Waals surface area contributed by atoms with Crippen LogP contribution in [-0.2, 0) is 10.0 Å². The number of benzene rings is 1. The third kappa shape index (κ3) is 2.59. The zero-order valence-electron chi connectivity index (χ0n) is 10.4. The highest BCUT2D eigenvalue weighted by atomic mass is 32.2. The Kier molecular flexibility index (Phi) is 3.77. The van der Waals surface area contributed by atoms with E-state index in [1.807, 2.05) is 17.0 Å². The largest absolute Gasteiger partial charge is 0.506 e. The molecule has 1 aliphatic rings. The lowest BCUT2D eigenvalue weighted by atomic mass is 10.2. The van der Waals surface area contributed by atoms with Crippen LogP contribution in [0.1, 0.15) is 6.92 Å². The van der Waals surface area contributed by atoms with E-state index >= 15 is 0 Å². The summed E-state index contributed by atoms with van der Waals surface area (Å²) in [6.07, 6.45) is 0. The van der Waals surface area contributed by atoms with Crippen molar-refractivity contribution < 1.29 is 13.5 Å². The fraction of sp³-hybridized carbons (Fsp3) is 0.500. The summed E-state index contributed by atoms with van der Waals surface area (Å²) in [5.74, 6) is 0.383. The number of aromatic hydroxyl groups is 1. The van der Waals surface area contributed by atoms with Crippen molar-refractivity contribution >= 4 is 15.7 Å². The number of nitrogens with zero attached hydrogens (tertiary/aromatic N) is 2. The molecule has 5 nitrogen and oxygen atoms in total. The Labute approximate surface area is 108 Å². The number of rotatable bonds is 3. The Morgan fingerprint density at radius 1 is 1.17 bits per heavy atom. The van der Waals surface area contributed by atoms with Crippen molar-refractivity contribution in [2.45, 2.75) is 6.92 Å². The van der Waals surface area contributed by atoms with Gasteiger partial charge in [0.25, 0.3) is 0 Å². The number of sulfonamides is 1. The Morgan fingerprint density at radius 2 is 1.78 bits per heavy atom. The summed E-state index contributed by atoms with van der Waals surface area (Å²) in [5.41, 5.74) is 0.769. The van der Waals surface area contributed by atoms with Crippen LogP contribution in [0.4, 0.5) is 5.69 Å². The molecule has 1 fully saturated rings. The maximum Gasteiger partial charge on any atom is 0.213 e. The summed E-state index contributed by atoms with van der Waals surface area (Å²) in [7, 11) is -3.09. The Morgan fingerprint density at radius 3 is 2.33 bits per heavy atom. The zero-order valence-corrected chi connectivity index (χ0v) is 11.2. The minimum Gasteiger partial charge on any atom is -0.506 e. The van der Waals surface area contributed by atoms with Crippen LogP contribution in [0.15, 0.2) is 24.3 Å². The molecule has 0 saturated carbocycles. The van der Waals surface area contributed by atoms with Crippen molar-refractivity contribution in [1.82, 2.24) is 4.31 Å². The monoisotopic (exact) mass is 270 g/mol. The number of hydrogen-bond acceptors (Lipinski definition) is 4. The molecule has 1 aromatic rings. The highest BCUT2D eigenvalue weighted by Crippen LogP contribution is 2.27. The zero-order chi connectivity index (χ0) is 13.2. The maximum absolute atomic E-state index is 11.7. The normalized spacial score (nSPS) is 17.9. The van der Waals surface area contributed by atoms with Gasteiger partial charge in [-0.25, -0.2) is 8.42 Å². The SMILES string of the molecule is CCS(=O)(=O)N1CCN(c2ccccc2O)CC1. The molecule has 1 N–H and O–H groups in total. The standard InChI is InChI=1S/C12H18N2O3S/c1-2-18(16,17)14-9-7-13(8-10-14)11-5-3-4-6-12(11)15/h3-6,15H,2,7-10H2,1H3. The van der Waals surface area contributed by atoms with Gasteiger partial charge in [-0.1, -0.05) is 12.1 Å². The average Bonchev–Trinajstić information content (AvgIpc) is 2.39. The first-order valence-corrected chi connectivity index (χ1v) is 7.66. The van der Waals surface area contributed by atoms with Crippen LogP contribution in [0.5, 0.6) is 5.75 Å². The van der Waals surface area contributed by atoms with E-state index in [-0.39, 0.29) is 11.5 Å². The van der Waals surface area contributed by atoms with Crippen LogP contribution in [0, 0.1) is 0 Å². The Hall–Kier alpha value is -1.27. The molecule has 1 aromatic carbocycles. The molecule has 1 saturated heterocycles. The van der Waals surface area contributed by atoms with Crippen LogP contribution in [0.2, 0.25) is 0 Å². The molecule has 0 bridgehead atoms. The summed E-state index contributed by atoms with van der Waals surface area (Å²) >= 11 is 0. The molecule has 0 radical (unpaired) electrons. The molecule has 18 heavy (non-hydrogen) atoms. The minimum atomic E-state index is -3.09. The lowest BCUT2D eigenvalue weighted by Crippen LogP contribution is -2.49. The second-order valence-electron chi connectivity index (χ2n) is 4.28. The smallest absolute Gasteiger partial charge is 0.213 e. The lowest BCUT2D eigenvalue weighted by molar-refractivity contribution is 0.382. The van der Waals surface area contributed by atoms with Crippen molar-refractivity contribution in [3.05, 3.63) is 24.3 Å². The second kappa shape index (κ2) is 5.16. The minimum absolute atomic E-state index is 0.142. The molecule has 0 unspecified atom stereocenters. The number of anilines is 1. The van der Waals surface area contributed by atoms with Gasteiger partial charge in [-0.15, -0.1) is 0 Å². The van der Waals surface area contributed by atoms with E-state index < -0.39 is 10.0 Å². The van der Waals surface area contributed by atoms with E-state index in [0.29, 0.717) is 26.2 Å². The molecule has 2 rings (SSSR count). The first kappa shape index (κ1) is 13.2. The van der Waals surface area contributed by atoms with Gasteiger partial charge in [0.05, 0.1) is 11.4 Å². The van der Waals surface area contributed by atoms with E-state index in [1.165, 1.54) is 4.31 Å². The van der Waals surface area contributed by atoms with E-state index in [2.05, 4.69) is 0 Å². The highest BCUT2D eigenvalue weighted by molar-refractivity contribution is 7.89. The van der Waals surface area contributed by atoms with Gasteiger partial charge < -0.3 is 10.0 Å². The maximum atomic E-state index is 11.7. The third-order valence-corrected chi connectivity index (χ3v) is 5.10. The van der Waals surface area contributed by atoms with E-state index in [0.717, 1.165) is 5.69 Å². The van der Waals surface area contributed by atoms with Crippen molar-refractivity contribution in [2.24, 2.45) is 0 Å². The van der Waals surface area contributed by atoms with Gasteiger partial charge >= 0.3 is 0 Å². The van der Waals surface area contributed by atoms with Gasteiger partial charge in [0, 0.05) is 26.2 Å². The summed E-state index contributed by atoms with van der Waals surface area (Å²) in [6.45, 7) is 3.83. The topological polar surface area (TPSA) is 60.9 Å². The molecule has 0 atom stereocenters. The van der Waals surface area contributed by atoms with Gasteiger partial charge in [0.2, 0.25) is 10.0 Å². The number of piperazine rings is 1. The number of phenols is 1. The van der Waals surface area contributed by atoms with Crippen LogP contribution in [-0.4, -0.2) is 49.8 Å². The molecule has 0 amide bonds. The van der Waals surface area contributed by atoms with Crippen LogP contribution in [0.3, 0.4) is 0 Å². The molecular weight excluding hydrogens is 252 g/mol. The van der Waals surface area contributed by atoms with Gasteiger partial charge in [-0.3, -0.25) is 0 Å². The molecular formula is C12H18N2O3S. The Bertz CT molecular complexity index is 508. The number of para-hydroxylation sites is 2.